The third-order valence-electron chi connectivity index (χ3n) is 21.4. The zero-order valence-electron chi connectivity index (χ0n) is 49.0. The lowest BCUT2D eigenvalue weighted by Gasteiger charge is -2.71. The third kappa shape index (κ3) is 11.2. The smallest absolute Gasteiger partial charge is 0.310 e. The van der Waals surface area contributed by atoms with E-state index < -0.39 is 53.7 Å². The van der Waals surface area contributed by atoms with Crippen molar-refractivity contribution >= 4 is 5.97 Å². The molecule has 0 aromatic heterocycles. The molecule has 5 aromatic carbocycles. The molecule has 0 radical (unpaired) electrons. The van der Waals surface area contributed by atoms with Gasteiger partial charge in [0.05, 0.1) is 64.4 Å². The van der Waals surface area contributed by atoms with Crippen molar-refractivity contribution in [2.45, 2.75) is 163 Å². The molecular weight excluding hydrogens is 1010 g/mol. The molecule has 2 bridgehead atoms. The van der Waals surface area contributed by atoms with Gasteiger partial charge in [-0.05, 0) is 106 Å². The Bertz CT molecular complexity index is 2870. The first-order valence-corrected chi connectivity index (χ1v) is 30.2. The summed E-state index contributed by atoms with van der Waals surface area (Å²) in [4.78, 5) is 15.1. The van der Waals surface area contributed by atoms with E-state index in [2.05, 4.69) is 103 Å². The quantitative estimate of drug-likeness (QED) is 0.0459. The van der Waals surface area contributed by atoms with Crippen LogP contribution < -0.4 is 0 Å². The van der Waals surface area contributed by atoms with Crippen LogP contribution in [0.2, 0.25) is 0 Å². The molecular formula is C71H88O10. The molecule has 3 saturated carbocycles. The summed E-state index contributed by atoms with van der Waals surface area (Å²) in [6, 6.07) is 50.8. The van der Waals surface area contributed by atoms with Gasteiger partial charge >= 0.3 is 5.97 Å². The molecule has 11 rings (SSSR count). The molecule has 5 aromatic rings. The van der Waals surface area contributed by atoms with Crippen LogP contribution in [0.3, 0.4) is 0 Å². The SMILES string of the molecule is CC(C)[C@@H](C)[C@@]1(C)CC[C@]2(C)[C@H]3CC[C@@H]4[C@@]5(COC[C@]4(C)[C@@H](O[C@@H]4OC(COCc6ccccc6)[C@H](OCc6ccccc6)[C@H](OCc6ccccc6)C4OCc4ccccc4)[C@@H](O)C5)C3=CC[C@@]2(C)[C@@H]1C(=O)OCc1ccccc1. The van der Waals surface area contributed by atoms with E-state index in [4.69, 9.17) is 37.9 Å². The van der Waals surface area contributed by atoms with Gasteiger partial charge in [0.1, 0.15) is 31.0 Å². The molecule has 2 heterocycles. The molecule has 6 aliphatic rings. The summed E-state index contributed by atoms with van der Waals surface area (Å²) in [6.07, 6.45) is 2.35. The van der Waals surface area contributed by atoms with Gasteiger partial charge in [-0.15, -0.1) is 0 Å². The molecule has 5 fully saturated rings. The summed E-state index contributed by atoms with van der Waals surface area (Å²) < 4.78 is 56.0. The van der Waals surface area contributed by atoms with Gasteiger partial charge in [0.2, 0.25) is 0 Å². The summed E-state index contributed by atoms with van der Waals surface area (Å²) in [5, 5.41) is 13.2. The zero-order chi connectivity index (χ0) is 56.4. The highest BCUT2D eigenvalue weighted by atomic mass is 16.7. The Labute approximate surface area is 482 Å². The lowest BCUT2D eigenvalue weighted by molar-refractivity contribution is -0.363. The van der Waals surface area contributed by atoms with Crippen LogP contribution in [0.1, 0.15) is 115 Å². The largest absolute Gasteiger partial charge is 0.461 e. The number of rotatable bonds is 20. The van der Waals surface area contributed by atoms with E-state index in [0.29, 0.717) is 51.3 Å². The summed E-state index contributed by atoms with van der Waals surface area (Å²) in [7, 11) is 0. The van der Waals surface area contributed by atoms with Gasteiger partial charge < -0.3 is 43.0 Å². The fourth-order valence-corrected chi connectivity index (χ4v) is 16.6. The Morgan fingerprint density at radius 3 is 1.69 bits per heavy atom. The second-order valence-electron chi connectivity index (χ2n) is 26.3. The van der Waals surface area contributed by atoms with Crippen molar-refractivity contribution in [3.8, 4) is 0 Å². The van der Waals surface area contributed by atoms with E-state index in [9.17, 15) is 5.11 Å². The monoisotopic (exact) mass is 1100 g/mol. The van der Waals surface area contributed by atoms with E-state index >= 15 is 4.79 Å². The fraction of sp³-hybridized carbons (Fsp3) is 0.535. The van der Waals surface area contributed by atoms with E-state index in [1.807, 2.05) is 103 Å². The lowest BCUT2D eigenvalue weighted by atomic mass is 9.34. The van der Waals surface area contributed by atoms with Gasteiger partial charge in [-0.2, -0.15) is 0 Å². The Hall–Kier alpha value is -5.01. The Morgan fingerprint density at radius 2 is 1.14 bits per heavy atom. The molecule has 0 spiro atoms. The van der Waals surface area contributed by atoms with E-state index in [0.717, 1.165) is 59.9 Å². The Kier molecular flexibility index (Phi) is 17.3. The van der Waals surface area contributed by atoms with Crippen molar-refractivity contribution in [2.75, 3.05) is 19.8 Å². The number of benzene rings is 5. The maximum Gasteiger partial charge on any atom is 0.310 e. The van der Waals surface area contributed by atoms with Crippen LogP contribution in [-0.4, -0.2) is 73.8 Å². The Balaban J connectivity index is 0.925. The predicted molar refractivity (Wildman–Crippen MR) is 313 cm³/mol. The van der Waals surface area contributed by atoms with Gasteiger partial charge in [0.15, 0.2) is 6.29 Å². The number of aliphatic hydroxyl groups excluding tert-OH is 1. The van der Waals surface area contributed by atoms with Crippen molar-refractivity contribution in [1.82, 2.24) is 0 Å². The van der Waals surface area contributed by atoms with E-state index in [1.165, 1.54) is 5.57 Å². The second kappa shape index (κ2) is 24.3. The highest BCUT2D eigenvalue weighted by Gasteiger charge is 2.72. The first kappa shape index (κ1) is 57.8. The van der Waals surface area contributed by atoms with Crippen molar-refractivity contribution in [1.29, 1.82) is 0 Å². The number of carbonyl (C=O) groups excluding carboxylic acids is 1. The van der Waals surface area contributed by atoms with Crippen molar-refractivity contribution in [3.05, 3.63) is 191 Å². The molecule has 4 aliphatic carbocycles. The van der Waals surface area contributed by atoms with Gasteiger partial charge in [-0.25, -0.2) is 0 Å². The maximum atomic E-state index is 15.1. The second-order valence-corrected chi connectivity index (χ2v) is 26.3. The van der Waals surface area contributed by atoms with Crippen LogP contribution in [0.5, 0.6) is 0 Å². The van der Waals surface area contributed by atoms with Crippen LogP contribution in [0, 0.1) is 56.7 Å². The highest BCUT2D eigenvalue weighted by molar-refractivity contribution is 5.75. The minimum atomic E-state index is -0.990. The molecule has 10 heteroatoms. The fourth-order valence-electron chi connectivity index (χ4n) is 16.6. The summed E-state index contributed by atoms with van der Waals surface area (Å²) in [5.74, 6) is 0.680. The van der Waals surface area contributed by atoms with E-state index in [1.54, 1.807) is 0 Å². The number of allylic oxidation sites excluding steroid dienone is 1. The topological polar surface area (TPSA) is 111 Å². The minimum Gasteiger partial charge on any atom is -0.461 e. The lowest BCUT2D eigenvalue weighted by Crippen LogP contribution is -2.71. The van der Waals surface area contributed by atoms with Crippen LogP contribution in [0.25, 0.3) is 0 Å². The van der Waals surface area contributed by atoms with Gasteiger partial charge in [0.25, 0.3) is 0 Å². The number of ether oxygens (including phenoxy) is 8. The maximum absolute atomic E-state index is 15.1. The number of fused-ring (bicyclic) bond motifs is 3. The minimum absolute atomic E-state index is 0.0737. The molecule has 0 amide bonds. The van der Waals surface area contributed by atoms with Crippen LogP contribution in [-0.2, 0) is 75.7 Å². The summed E-state index contributed by atoms with van der Waals surface area (Å²) in [5.41, 5.74) is 4.63. The normalized spacial score (nSPS) is 35.6. The first-order valence-electron chi connectivity index (χ1n) is 30.2. The Morgan fingerprint density at radius 1 is 0.617 bits per heavy atom. The standard InChI is InChI=1S/C71H88O10/c1-48(2)49(3)67(4)37-38-69(6)55-33-34-59-68(5)46-75-47-71(59,56(55)35-36-70(69,7)63(67)65(73)79-44-54-31-21-12-22-32-54)39-57(72)64(68)81-66-62(78-43-53-29-19-11-20-30-53)61(77-42-52-27-17-10-18-28-52)60(76-41-51-25-15-9-16-26-51)58(80-66)45-74-40-50-23-13-8-14-24-50/h8-32,35,48-49,55,57-64,66,72H,33-34,36-47H2,1-7H3/t49-,55+,57+,58?,59+,60+,61+,62?,63-,64+,66+,67-,68+,69-,70+,71+/m1/s1. The van der Waals surface area contributed by atoms with Gasteiger partial charge in [0, 0.05) is 10.8 Å². The number of aliphatic hydroxyl groups is 1. The number of carbonyl (C=O) groups is 1. The molecule has 10 nitrogen and oxygen atoms in total. The van der Waals surface area contributed by atoms with Crippen molar-refractivity contribution in [2.24, 2.45) is 56.7 Å². The third-order valence-corrected chi connectivity index (χ3v) is 21.4. The molecule has 16 atom stereocenters. The zero-order valence-corrected chi connectivity index (χ0v) is 49.0. The molecule has 2 saturated heterocycles. The number of hydrogen-bond acceptors (Lipinski definition) is 10. The molecule has 1 N–H and O–H groups in total. The van der Waals surface area contributed by atoms with Crippen LogP contribution >= 0.6 is 0 Å². The van der Waals surface area contributed by atoms with Crippen molar-refractivity contribution < 1.29 is 47.8 Å². The summed E-state index contributed by atoms with van der Waals surface area (Å²) in [6.45, 7) is 19.2. The summed E-state index contributed by atoms with van der Waals surface area (Å²) >= 11 is 0. The van der Waals surface area contributed by atoms with Gasteiger partial charge in [-0.1, -0.05) is 212 Å². The predicted octanol–water partition coefficient (Wildman–Crippen LogP) is 13.7. The average Bonchev–Trinajstić information content (AvgIpc) is 1.72. The molecule has 432 valence electrons. The molecule has 2 aliphatic heterocycles. The van der Waals surface area contributed by atoms with Crippen LogP contribution in [0.4, 0.5) is 0 Å². The molecule has 81 heavy (non-hydrogen) atoms. The van der Waals surface area contributed by atoms with Gasteiger partial charge in [-0.3, -0.25) is 4.79 Å². The van der Waals surface area contributed by atoms with E-state index in [-0.39, 0.29) is 59.8 Å². The van der Waals surface area contributed by atoms with Crippen LogP contribution in [0.15, 0.2) is 163 Å². The van der Waals surface area contributed by atoms with Crippen molar-refractivity contribution in [3.63, 3.8) is 0 Å². The average molecular weight is 1100 g/mol. The number of hydrogen-bond donors (Lipinski definition) is 1. The number of esters is 1. The highest BCUT2D eigenvalue weighted by Crippen LogP contribution is 2.75. The molecule has 2 unspecified atom stereocenters. The first-order chi connectivity index (χ1) is 39.2.